The Hall–Kier alpha value is -2.90. The van der Waals surface area contributed by atoms with Crippen molar-refractivity contribution in [3.05, 3.63) is 64.0 Å². The molecule has 0 aliphatic heterocycles. The van der Waals surface area contributed by atoms with Gasteiger partial charge in [0.25, 0.3) is 0 Å². The summed E-state index contributed by atoms with van der Waals surface area (Å²) >= 11 is 0. The summed E-state index contributed by atoms with van der Waals surface area (Å²) < 4.78 is 29.0. The number of nitrogens with zero attached hydrogens (tertiary/aromatic N) is 2. The quantitative estimate of drug-likeness (QED) is 0.481. The van der Waals surface area contributed by atoms with Gasteiger partial charge in [-0.05, 0) is 18.2 Å². The van der Waals surface area contributed by atoms with Crippen LogP contribution in [-0.2, 0) is 0 Å². The first-order chi connectivity index (χ1) is 10.0. The number of ketones is 1. The minimum absolute atomic E-state index is 0.0304. The maximum absolute atomic E-state index is 12.4. The Kier molecular flexibility index (Phi) is 4.17. The molecule has 1 aromatic carbocycles. The fourth-order valence-corrected chi connectivity index (χ4v) is 1.70. The molecule has 6 nitrogen and oxygen atoms in total. The van der Waals surface area contributed by atoms with E-state index in [2.05, 4.69) is 9.72 Å². The van der Waals surface area contributed by atoms with Gasteiger partial charge in [0, 0.05) is 12.3 Å². The number of carbonyl (C=O) groups excluding carboxylic acids is 1. The number of para-hydroxylation sites is 1. The van der Waals surface area contributed by atoms with Crippen molar-refractivity contribution in [1.82, 2.24) is 4.98 Å². The van der Waals surface area contributed by atoms with E-state index in [0.717, 1.165) is 6.07 Å². The first kappa shape index (κ1) is 14.5. The molecule has 0 saturated heterocycles. The maximum atomic E-state index is 12.4. The topological polar surface area (TPSA) is 82.3 Å². The minimum atomic E-state index is -3.29. The van der Waals surface area contributed by atoms with Crippen LogP contribution in [0.25, 0.3) is 0 Å². The maximum Gasteiger partial charge on any atom is 0.387 e. The predicted octanol–water partition coefficient (Wildman–Crippen LogP) is 2.82. The largest absolute Gasteiger partial charge is 0.427 e. The van der Waals surface area contributed by atoms with E-state index >= 15 is 0 Å². The molecule has 0 spiro atoms. The fourth-order valence-electron chi connectivity index (χ4n) is 1.70. The van der Waals surface area contributed by atoms with Crippen LogP contribution < -0.4 is 4.74 Å². The molecule has 0 atom stereocenters. The first-order valence-electron chi connectivity index (χ1n) is 5.68. The van der Waals surface area contributed by atoms with Crippen molar-refractivity contribution in [3.8, 4) is 5.75 Å². The number of nitro benzene ring substituents is 1. The van der Waals surface area contributed by atoms with Crippen LogP contribution in [-0.4, -0.2) is 22.3 Å². The highest BCUT2D eigenvalue weighted by Gasteiger charge is 2.26. The van der Waals surface area contributed by atoms with Crippen molar-refractivity contribution in [1.29, 1.82) is 0 Å². The lowest BCUT2D eigenvalue weighted by Gasteiger charge is -2.09. The Morgan fingerprint density at radius 3 is 2.57 bits per heavy atom. The average molecular weight is 294 g/mol. The number of aromatic nitrogens is 1. The van der Waals surface area contributed by atoms with Gasteiger partial charge in [0.15, 0.2) is 0 Å². The second kappa shape index (κ2) is 6.04. The molecule has 0 amide bonds. The summed E-state index contributed by atoms with van der Waals surface area (Å²) in [4.78, 5) is 26.0. The summed E-state index contributed by atoms with van der Waals surface area (Å²) in [5.74, 6) is -1.51. The molecule has 0 fully saturated rings. The molecule has 0 saturated carbocycles. The Morgan fingerprint density at radius 1 is 1.24 bits per heavy atom. The highest BCUT2D eigenvalue weighted by atomic mass is 19.3. The number of halogens is 2. The van der Waals surface area contributed by atoms with E-state index in [9.17, 15) is 23.7 Å². The monoisotopic (exact) mass is 294 g/mol. The van der Waals surface area contributed by atoms with E-state index in [1.807, 2.05) is 0 Å². The van der Waals surface area contributed by atoms with Gasteiger partial charge in [0.05, 0.1) is 10.5 Å². The fraction of sp³-hybridized carbons (Fsp3) is 0.0769. The van der Waals surface area contributed by atoms with Gasteiger partial charge in [-0.3, -0.25) is 19.9 Å². The van der Waals surface area contributed by atoms with Crippen molar-refractivity contribution in [3.63, 3.8) is 0 Å². The van der Waals surface area contributed by atoms with Crippen LogP contribution >= 0.6 is 0 Å². The van der Waals surface area contributed by atoms with Gasteiger partial charge < -0.3 is 4.74 Å². The normalized spacial score (nSPS) is 10.4. The molecule has 2 aromatic rings. The average Bonchev–Trinajstić information content (AvgIpc) is 2.47. The lowest BCUT2D eigenvalue weighted by Crippen LogP contribution is -2.11. The van der Waals surface area contributed by atoms with Crippen molar-refractivity contribution in [2.45, 2.75) is 6.61 Å². The van der Waals surface area contributed by atoms with Crippen LogP contribution in [0, 0.1) is 10.1 Å². The smallest absolute Gasteiger partial charge is 0.387 e. The third-order valence-electron chi connectivity index (χ3n) is 2.54. The lowest BCUT2D eigenvalue weighted by atomic mass is 10.1. The Bertz CT molecular complexity index is 677. The van der Waals surface area contributed by atoms with E-state index in [4.69, 9.17) is 0 Å². The van der Waals surface area contributed by atoms with Crippen molar-refractivity contribution in [2.24, 2.45) is 0 Å². The zero-order valence-corrected chi connectivity index (χ0v) is 10.4. The standard InChI is InChI=1S/C13H8F2N2O4/c14-13(15)21-12-8(4-3-6-10(12)17(19)20)11(18)9-5-1-2-7-16-9/h1-7,13H. The van der Waals surface area contributed by atoms with Gasteiger partial charge in [0.2, 0.25) is 11.5 Å². The number of benzene rings is 1. The number of ether oxygens (including phenoxy) is 1. The van der Waals surface area contributed by atoms with E-state index in [1.165, 1.54) is 30.5 Å². The van der Waals surface area contributed by atoms with Crippen LogP contribution in [0.2, 0.25) is 0 Å². The predicted molar refractivity (Wildman–Crippen MR) is 67.4 cm³/mol. The number of rotatable bonds is 5. The summed E-state index contributed by atoms with van der Waals surface area (Å²) in [6, 6.07) is 7.83. The van der Waals surface area contributed by atoms with Crippen molar-refractivity contribution < 1.29 is 23.2 Å². The van der Waals surface area contributed by atoms with Gasteiger partial charge in [-0.1, -0.05) is 12.1 Å². The number of hydrogen-bond acceptors (Lipinski definition) is 5. The lowest BCUT2D eigenvalue weighted by molar-refractivity contribution is -0.386. The number of hydrogen-bond donors (Lipinski definition) is 0. The molecule has 1 aromatic heterocycles. The van der Waals surface area contributed by atoms with Crippen LogP contribution in [0.1, 0.15) is 16.1 Å². The molecule has 108 valence electrons. The zero-order valence-electron chi connectivity index (χ0n) is 10.4. The Balaban J connectivity index is 2.55. The van der Waals surface area contributed by atoms with Crippen LogP contribution in [0.3, 0.4) is 0 Å². The molecule has 0 aliphatic carbocycles. The summed E-state index contributed by atoms with van der Waals surface area (Å²) in [5.41, 5.74) is -1.09. The second-order valence-electron chi connectivity index (χ2n) is 3.83. The third kappa shape index (κ3) is 3.16. The highest BCUT2D eigenvalue weighted by Crippen LogP contribution is 2.33. The molecular formula is C13H8F2N2O4. The third-order valence-corrected chi connectivity index (χ3v) is 2.54. The summed E-state index contributed by atoms with van der Waals surface area (Å²) in [5, 5.41) is 10.9. The van der Waals surface area contributed by atoms with Gasteiger partial charge in [0.1, 0.15) is 5.69 Å². The van der Waals surface area contributed by atoms with Gasteiger partial charge in [-0.2, -0.15) is 8.78 Å². The molecule has 0 unspecified atom stereocenters. The molecule has 0 radical (unpaired) electrons. The minimum Gasteiger partial charge on any atom is -0.427 e. The molecule has 2 rings (SSSR count). The van der Waals surface area contributed by atoms with Crippen molar-refractivity contribution >= 4 is 11.5 Å². The SMILES string of the molecule is O=C(c1ccccn1)c1cccc([N+](=O)[O-])c1OC(F)F. The molecule has 0 N–H and O–H groups in total. The van der Waals surface area contributed by atoms with Gasteiger partial charge in [-0.15, -0.1) is 0 Å². The highest BCUT2D eigenvalue weighted by molar-refractivity contribution is 6.10. The van der Waals surface area contributed by atoms with Gasteiger partial charge in [-0.25, -0.2) is 0 Å². The van der Waals surface area contributed by atoms with E-state index < -0.39 is 28.8 Å². The van der Waals surface area contributed by atoms with Crippen molar-refractivity contribution in [2.75, 3.05) is 0 Å². The molecule has 21 heavy (non-hydrogen) atoms. The summed E-state index contributed by atoms with van der Waals surface area (Å²) in [7, 11) is 0. The summed E-state index contributed by atoms with van der Waals surface area (Å²) in [6.45, 7) is -3.29. The molecule has 8 heteroatoms. The van der Waals surface area contributed by atoms with Crippen LogP contribution in [0.5, 0.6) is 5.75 Å². The summed E-state index contributed by atoms with van der Waals surface area (Å²) in [6.07, 6.45) is 1.35. The number of nitro groups is 1. The van der Waals surface area contributed by atoms with E-state index in [-0.39, 0.29) is 11.3 Å². The number of alkyl halides is 2. The first-order valence-corrected chi connectivity index (χ1v) is 5.68. The van der Waals surface area contributed by atoms with Crippen LogP contribution in [0.15, 0.2) is 42.6 Å². The molecule has 0 bridgehead atoms. The van der Waals surface area contributed by atoms with Gasteiger partial charge >= 0.3 is 12.3 Å². The zero-order chi connectivity index (χ0) is 15.4. The number of carbonyl (C=O) groups is 1. The number of pyridine rings is 1. The van der Waals surface area contributed by atoms with Crippen LogP contribution in [0.4, 0.5) is 14.5 Å². The van der Waals surface area contributed by atoms with E-state index in [1.54, 1.807) is 6.07 Å². The molecule has 0 aliphatic rings. The van der Waals surface area contributed by atoms with E-state index in [0.29, 0.717) is 0 Å². The Labute approximate surface area is 117 Å². The molecule has 1 heterocycles. The Morgan fingerprint density at radius 2 is 2.00 bits per heavy atom. The second-order valence-corrected chi connectivity index (χ2v) is 3.83. The molecular weight excluding hydrogens is 286 g/mol.